The van der Waals surface area contributed by atoms with Gasteiger partial charge >= 0.3 is 0 Å². The number of amides is 2. The van der Waals surface area contributed by atoms with Gasteiger partial charge in [-0.1, -0.05) is 37.3 Å². The van der Waals surface area contributed by atoms with Crippen LogP contribution in [-0.4, -0.2) is 34.7 Å². The van der Waals surface area contributed by atoms with Crippen LogP contribution in [0, 0.1) is 0 Å². The number of rotatable bonds is 6. The Morgan fingerprint density at radius 2 is 1.70 bits per heavy atom. The van der Waals surface area contributed by atoms with E-state index in [2.05, 4.69) is 4.98 Å². The molecule has 1 aromatic heterocycles. The maximum Gasteiger partial charge on any atom is 0.248 e. The molecular formula is C26H24N4O3. The molecule has 4 aromatic rings. The van der Waals surface area contributed by atoms with E-state index in [-0.39, 0.29) is 11.8 Å². The first kappa shape index (κ1) is 21.8. The van der Waals surface area contributed by atoms with Crippen LogP contribution in [-0.2, 0) is 4.79 Å². The topological polar surface area (TPSA) is 112 Å². The van der Waals surface area contributed by atoms with Gasteiger partial charge in [-0.05, 0) is 42.5 Å². The van der Waals surface area contributed by atoms with E-state index in [0.29, 0.717) is 39.8 Å². The van der Waals surface area contributed by atoms with Gasteiger partial charge in [-0.2, -0.15) is 0 Å². The molecule has 7 nitrogen and oxygen atoms in total. The fourth-order valence-electron chi connectivity index (χ4n) is 3.69. The second kappa shape index (κ2) is 9.00. The van der Waals surface area contributed by atoms with Crippen LogP contribution in [0.4, 0.5) is 11.4 Å². The number of fused-ring (bicyclic) bond motifs is 1. The average molecular weight is 441 g/mol. The molecule has 0 unspecified atom stereocenters. The number of carbonyl (C=O) groups excluding carboxylic acids is 2. The SMILES string of the molecule is CCC(=O)N(C)c1ccc(N=C(c2ccccc2)c2c(O)[nH]c3ccc(C(N)=O)cc23)cc1. The Kier molecular flexibility index (Phi) is 5.95. The second-order valence-corrected chi connectivity index (χ2v) is 7.62. The third-order valence-corrected chi connectivity index (χ3v) is 5.50. The van der Waals surface area contributed by atoms with Crippen LogP contribution in [0.3, 0.4) is 0 Å². The summed E-state index contributed by atoms with van der Waals surface area (Å²) in [6.07, 6.45) is 0.418. The quantitative estimate of drug-likeness (QED) is 0.383. The first-order valence-electron chi connectivity index (χ1n) is 10.5. The summed E-state index contributed by atoms with van der Waals surface area (Å²) >= 11 is 0. The van der Waals surface area contributed by atoms with E-state index < -0.39 is 5.91 Å². The molecule has 0 radical (unpaired) electrons. The third-order valence-electron chi connectivity index (χ3n) is 5.50. The zero-order chi connectivity index (χ0) is 23.5. The first-order chi connectivity index (χ1) is 15.9. The second-order valence-electron chi connectivity index (χ2n) is 7.62. The number of carbonyl (C=O) groups is 2. The number of aromatic nitrogens is 1. The van der Waals surface area contributed by atoms with E-state index in [1.807, 2.05) is 61.5 Å². The van der Waals surface area contributed by atoms with Crippen molar-refractivity contribution in [1.82, 2.24) is 4.98 Å². The molecule has 0 fully saturated rings. The molecule has 7 heteroatoms. The van der Waals surface area contributed by atoms with Gasteiger partial charge in [0.05, 0.1) is 17.0 Å². The summed E-state index contributed by atoms with van der Waals surface area (Å²) in [5.41, 5.74) is 9.68. The van der Waals surface area contributed by atoms with E-state index in [9.17, 15) is 14.7 Å². The smallest absolute Gasteiger partial charge is 0.248 e. The van der Waals surface area contributed by atoms with Gasteiger partial charge in [0.25, 0.3) is 0 Å². The molecule has 4 rings (SSSR count). The number of hydrogen-bond donors (Lipinski definition) is 3. The predicted molar refractivity (Wildman–Crippen MR) is 130 cm³/mol. The lowest BCUT2D eigenvalue weighted by atomic mass is 9.99. The van der Waals surface area contributed by atoms with Gasteiger partial charge in [0.1, 0.15) is 0 Å². The number of primary amides is 1. The molecule has 0 aliphatic carbocycles. The third kappa shape index (κ3) is 4.34. The lowest BCUT2D eigenvalue weighted by Crippen LogP contribution is -2.24. The average Bonchev–Trinajstić information content (AvgIpc) is 3.17. The maximum atomic E-state index is 12.0. The minimum absolute atomic E-state index is 0.0187. The lowest BCUT2D eigenvalue weighted by Gasteiger charge is -2.16. The molecule has 0 spiro atoms. The molecule has 0 aliphatic heterocycles. The van der Waals surface area contributed by atoms with Gasteiger partial charge in [0.15, 0.2) is 5.88 Å². The molecule has 0 saturated heterocycles. The fourth-order valence-corrected chi connectivity index (χ4v) is 3.69. The zero-order valence-corrected chi connectivity index (χ0v) is 18.4. The highest BCUT2D eigenvalue weighted by atomic mass is 16.3. The normalized spacial score (nSPS) is 11.5. The van der Waals surface area contributed by atoms with Crippen LogP contribution in [0.25, 0.3) is 10.9 Å². The van der Waals surface area contributed by atoms with Crippen LogP contribution in [0.2, 0.25) is 0 Å². The van der Waals surface area contributed by atoms with E-state index >= 15 is 0 Å². The van der Waals surface area contributed by atoms with Gasteiger partial charge in [-0.3, -0.25) is 9.59 Å². The number of nitrogens with one attached hydrogen (secondary N) is 1. The summed E-state index contributed by atoms with van der Waals surface area (Å²) in [5, 5.41) is 11.4. The number of hydrogen-bond acceptors (Lipinski definition) is 4. The van der Waals surface area contributed by atoms with Crippen molar-refractivity contribution < 1.29 is 14.7 Å². The summed E-state index contributed by atoms with van der Waals surface area (Å²) in [6, 6.07) is 21.7. The van der Waals surface area contributed by atoms with Crippen molar-refractivity contribution in [2.45, 2.75) is 13.3 Å². The Morgan fingerprint density at radius 3 is 2.33 bits per heavy atom. The summed E-state index contributed by atoms with van der Waals surface area (Å²) in [6.45, 7) is 1.82. The number of H-pyrrole nitrogens is 1. The van der Waals surface area contributed by atoms with Crippen LogP contribution in [0.1, 0.15) is 34.8 Å². The zero-order valence-electron chi connectivity index (χ0n) is 18.4. The Bertz CT molecular complexity index is 1360. The highest BCUT2D eigenvalue weighted by Gasteiger charge is 2.20. The molecule has 0 atom stereocenters. The van der Waals surface area contributed by atoms with Gasteiger partial charge in [-0.25, -0.2) is 4.99 Å². The van der Waals surface area contributed by atoms with Crippen LogP contribution in [0.5, 0.6) is 5.88 Å². The predicted octanol–water partition coefficient (Wildman–Crippen LogP) is 4.51. The molecule has 33 heavy (non-hydrogen) atoms. The first-order valence-corrected chi connectivity index (χ1v) is 10.5. The monoisotopic (exact) mass is 440 g/mol. The van der Waals surface area contributed by atoms with Crippen molar-refractivity contribution in [2.75, 3.05) is 11.9 Å². The molecular weight excluding hydrogens is 416 g/mol. The molecule has 1 heterocycles. The standard InChI is InChI=1S/C26H24N4O3/c1-3-22(31)30(2)19-12-10-18(11-13-19)28-24(16-7-5-4-6-8-16)23-20-15-17(25(27)32)9-14-21(20)29-26(23)33/h4-15,29,33H,3H2,1-2H3,(H2,27,32). The van der Waals surface area contributed by atoms with E-state index in [0.717, 1.165) is 11.3 Å². The molecule has 0 aliphatic rings. The molecule has 166 valence electrons. The molecule has 3 aromatic carbocycles. The largest absolute Gasteiger partial charge is 0.494 e. The number of aliphatic imine (C=N–C) groups is 1. The van der Waals surface area contributed by atoms with E-state index in [4.69, 9.17) is 10.7 Å². The minimum atomic E-state index is -0.553. The van der Waals surface area contributed by atoms with Crippen LogP contribution in [0.15, 0.2) is 77.8 Å². The van der Waals surface area contributed by atoms with Gasteiger partial charge in [0.2, 0.25) is 11.8 Å². The van der Waals surface area contributed by atoms with Crippen molar-refractivity contribution in [3.8, 4) is 5.88 Å². The number of nitrogens with two attached hydrogens (primary N) is 1. The fraction of sp³-hybridized carbons (Fsp3) is 0.115. The van der Waals surface area contributed by atoms with E-state index in [1.165, 1.54) is 0 Å². The van der Waals surface area contributed by atoms with Gasteiger partial charge in [-0.15, -0.1) is 0 Å². The van der Waals surface area contributed by atoms with Gasteiger partial charge < -0.3 is 20.7 Å². The Morgan fingerprint density at radius 1 is 1.00 bits per heavy atom. The summed E-state index contributed by atoms with van der Waals surface area (Å²) in [4.78, 5) is 33.1. The number of aromatic hydroxyl groups is 1. The Hall–Kier alpha value is -4.39. The van der Waals surface area contributed by atoms with Crippen molar-refractivity contribution in [2.24, 2.45) is 10.7 Å². The van der Waals surface area contributed by atoms with Crippen molar-refractivity contribution >= 4 is 39.8 Å². The van der Waals surface area contributed by atoms with Crippen molar-refractivity contribution in [3.63, 3.8) is 0 Å². The number of aromatic amines is 1. The molecule has 0 saturated carbocycles. The van der Waals surface area contributed by atoms with Crippen LogP contribution < -0.4 is 10.6 Å². The number of nitrogens with zero attached hydrogens (tertiary/aromatic N) is 2. The Balaban J connectivity index is 1.87. The van der Waals surface area contributed by atoms with Crippen LogP contribution >= 0.6 is 0 Å². The minimum Gasteiger partial charge on any atom is -0.494 e. The van der Waals surface area contributed by atoms with Crippen molar-refractivity contribution in [3.05, 3.63) is 89.5 Å². The van der Waals surface area contributed by atoms with Gasteiger partial charge in [0, 0.05) is 41.2 Å². The maximum absolute atomic E-state index is 12.0. The number of anilines is 1. The highest BCUT2D eigenvalue weighted by molar-refractivity contribution is 6.22. The number of benzene rings is 3. The lowest BCUT2D eigenvalue weighted by molar-refractivity contribution is -0.118. The molecule has 0 bridgehead atoms. The van der Waals surface area contributed by atoms with Crippen molar-refractivity contribution in [1.29, 1.82) is 0 Å². The van der Waals surface area contributed by atoms with E-state index in [1.54, 1.807) is 30.1 Å². The summed E-state index contributed by atoms with van der Waals surface area (Å²) < 4.78 is 0. The summed E-state index contributed by atoms with van der Waals surface area (Å²) in [7, 11) is 1.74. The summed E-state index contributed by atoms with van der Waals surface area (Å²) in [5.74, 6) is -0.590. The highest BCUT2D eigenvalue weighted by Crippen LogP contribution is 2.32. The molecule has 2 amide bonds. The Labute approximate surface area is 191 Å². The molecule has 4 N–H and O–H groups in total.